The highest BCUT2D eigenvalue weighted by atomic mass is 19.1. The predicted molar refractivity (Wildman–Crippen MR) is 73.1 cm³/mol. The maximum absolute atomic E-state index is 14.2. The standard InChI is InChI=1S/C14H20FN3O2/c15-13-11(10-19)1-3-16-14(13)18-4-2-12(9-18)17-5-7-20-8-6-17/h1,3,12,19H,2,4-10H2. The maximum Gasteiger partial charge on any atom is 0.171 e. The van der Waals surface area contributed by atoms with E-state index in [9.17, 15) is 4.39 Å². The highest BCUT2D eigenvalue weighted by molar-refractivity contribution is 5.44. The predicted octanol–water partition coefficient (Wildman–Crippen LogP) is 0.624. The summed E-state index contributed by atoms with van der Waals surface area (Å²) < 4.78 is 19.6. The fourth-order valence-electron chi connectivity index (χ4n) is 2.99. The summed E-state index contributed by atoms with van der Waals surface area (Å²) >= 11 is 0. The molecule has 0 saturated carbocycles. The zero-order chi connectivity index (χ0) is 13.9. The van der Waals surface area contributed by atoms with Gasteiger partial charge in [-0.25, -0.2) is 9.37 Å². The lowest BCUT2D eigenvalue weighted by Crippen LogP contribution is -2.44. The maximum atomic E-state index is 14.2. The van der Waals surface area contributed by atoms with E-state index in [1.807, 2.05) is 4.90 Å². The number of hydrogen-bond acceptors (Lipinski definition) is 5. The highest BCUT2D eigenvalue weighted by Crippen LogP contribution is 2.25. The second-order valence-electron chi connectivity index (χ2n) is 5.30. The van der Waals surface area contributed by atoms with Crippen LogP contribution < -0.4 is 4.90 Å². The molecule has 0 amide bonds. The van der Waals surface area contributed by atoms with Gasteiger partial charge in [-0.15, -0.1) is 0 Å². The third-order valence-corrected chi connectivity index (χ3v) is 4.15. The Morgan fingerprint density at radius 2 is 2.15 bits per heavy atom. The number of hydrogen-bond donors (Lipinski definition) is 1. The lowest BCUT2D eigenvalue weighted by Gasteiger charge is -2.32. The van der Waals surface area contributed by atoms with Crippen molar-refractivity contribution < 1.29 is 14.2 Å². The number of morpholine rings is 1. The normalized spacial score (nSPS) is 24.3. The first-order valence-corrected chi connectivity index (χ1v) is 7.10. The molecule has 0 bridgehead atoms. The second kappa shape index (κ2) is 6.03. The Labute approximate surface area is 118 Å². The Balaban J connectivity index is 1.70. The van der Waals surface area contributed by atoms with Crippen LogP contribution in [0.4, 0.5) is 10.2 Å². The fourth-order valence-corrected chi connectivity index (χ4v) is 2.99. The van der Waals surface area contributed by atoms with E-state index >= 15 is 0 Å². The molecule has 1 aromatic rings. The summed E-state index contributed by atoms with van der Waals surface area (Å²) in [6.07, 6.45) is 2.58. The minimum Gasteiger partial charge on any atom is -0.392 e. The van der Waals surface area contributed by atoms with Gasteiger partial charge in [0.05, 0.1) is 19.8 Å². The molecule has 1 aromatic heterocycles. The molecule has 20 heavy (non-hydrogen) atoms. The molecule has 3 heterocycles. The van der Waals surface area contributed by atoms with Crippen LogP contribution in [0.1, 0.15) is 12.0 Å². The molecule has 0 spiro atoms. The topological polar surface area (TPSA) is 48.8 Å². The second-order valence-corrected chi connectivity index (χ2v) is 5.30. The Bertz CT molecular complexity index is 466. The fraction of sp³-hybridized carbons (Fsp3) is 0.643. The van der Waals surface area contributed by atoms with Gasteiger partial charge in [0, 0.05) is 44.0 Å². The van der Waals surface area contributed by atoms with Gasteiger partial charge in [-0.2, -0.15) is 0 Å². The summed E-state index contributed by atoms with van der Waals surface area (Å²) in [6.45, 7) is 4.77. The van der Waals surface area contributed by atoms with Crippen LogP contribution in [0.25, 0.3) is 0 Å². The van der Waals surface area contributed by atoms with E-state index in [0.29, 0.717) is 17.4 Å². The summed E-state index contributed by atoms with van der Waals surface area (Å²) in [5.41, 5.74) is 0.310. The van der Waals surface area contributed by atoms with Crippen molar-refractivity contribution in [3.63, 3.8) is 0 Å². The molecule has 1 atom stereocenters. The van der Waals surface area contributed by atoms with E-state index < -0.39 is 5.82 Å². The smallest absolute Gasteiger partial charge is 0.171 e. The number of nitrogens with zero attached hydrogens (tertiary/aromatic N) is 3. The quantitative estimate of drug-likeness (QED) is 0.880. The summed E-state index contributed by atoms with van der Waals surface area (Å²) in [5.74, 6) is -0.0232. The Morgan fingerprint density at radius 1 is 1.35 bits per heavy atom. The third kappa shape index (κ3) is 2.63. The number of anilines is 1. The number of aliphatic hydroxyl groups is 1. The molecule has 3 rings (SSSR count). The summed E-state index contributed by atoms with van der Waals surface area (Å²) in [4.78, 5) is 8.54. The van der Waals surface area contributed by atoms with Crippen LogP contribution >= 0.6 is 0 Å². The molecule has 5 nitrogen and oxygen atoms in total. The molecule has 2 saturated heterocycles. The van der Waals surface area contributed by atoms with Crippen molar-refractivity contribution in [1.82, 2.24) is 9.88 Å². The van der Waals surface area contributed by atoms with E-state index in [2.05, 4.69) is 9.88 Å². The first-order valence-electron chi connectivity index (χ1n) is 7.10. The van der Waals surface area contributed by atoms with Gasteiger partial charge in [0.25, 0.3) is 0 Å². The first-order chi connectivity index (χ1) is 9.79. The van der Waals surface area contributed by atoms with Crippen molar-refractivity contribution in [2.45, 2.75) is 19.1 Å². The number of pyridine rings is 1. The molecule has 1 unspecified atom stereocenters. The van der Waals surface area contributed by atoms with Gasteiger partial charge in [0.2, 0.25) is 0 Å². The van der Waals surface area contributed by atoms with Crippen molar-refractivity contribution in [2.75, 3.05) is 44.3 Å². The van der Waals surface area contributed by atoms with Crippen LogP contribution in [-0.4, -0.2) is 60.4 Å². The monoisotopic (exact) mass is 281 g/mol. The lowest BCUT2D eigenvalue weighted by molar-refractivity contribution is 0.0209. The van der Waals surface area contributed by atoms with Crippen LogP contribution in [0.2, 0.25) is 0 Å². The van der Waals surface area contributed by atoms with Crippen molar-refractivity contribution in [3.8, 4) is 0 Å². The van der Waals surface area contributed by atoms with Crippen molar-refractivity contribution in [2.24, 2.45) is 0 Å². The van der Waals surface area contributed by atoms with Crippen molar-refractivity contribution in [1.29, 1.82) is 0 Å². The molecule has 0 aromatic carbocycles. The van der Waals surface area contributed by atoms with E-state index in [4.69, 9.17) is 9.84 Å². The van der Waals surface area contributed by atoms with Gasteiger partial charge < -0.3 is 14.7 Å². The van der Waals surface area contributed by atoms with Crippen LogP contribution in [0.15, 0.2) is 12.3 Å². The van der Waals surface area contributed by atoms with Crippen LogP contribution in [0.5, 0.6) is 0 Å². The Hall–Kier alpha value is -1.24. The van der Waals surface area contributed by atoms with Crippen molar-refractivity contribution in [3.05, 3.63) is 23.6 Å². The number of aliphatic hydroxyl groups excluding tert-OH is 1. The molecule has 110 valence electrons. The molecule has 2 fully saturated rings. The minimum atomic E-state index is -0.391. The van der Waals surface area contributed by atoms with E-state index in [1.54, 1.807) is 6.20 Å². The first kappa shape index (κ1) is 13.7. The van der Waals surface area contributed by atoms with E-state index in [-0.39, 0.29) is 6.61 Å². The molecule has 1 N–H and O–H groups in total. The number of halogens is 1. The zero-order valence-corrected chi connectivity index (χ0v) is 11.5. The van der Waals surface area contributed by atoms with Gasteiger partial charge in [-0.05, 0) is 12.5 Å². The lowest BCUT2D eigenvalue weighted by atomic mass is 10.2. The Morgan fingerprint density at radius 3 is 2.90 bits per heavy atom. The molecular formula is C14H20FN3O2. The highest BCUT2D eigenvalue weighted by Gasteiger charge is 2.30. The Kier molecular flexibility index (Phi) is 4.14. The molecule has 6 heteroatoms. The largest absolute Gasteiger partial charge is 0.392 e. The number of rotatable bonds is 3. The van der Waals surface area contributed by atoms with Gasteiger partial charge >= 0.3 is 0 Å². The van der Waals surface area contributed by atoms with E-state index in [1.165, 1.54) is 6.07 Å². The summed E-state index contributed by atoms with van der Waals surface area (Å²) in [6, 6.07) is 1.96. The van der Waals surface area contributed by atoms with Gasteiger partial charge in [-0.3, -0.25) is 4.90 Å². The third-order valence-electron chi connectivity index (χ3n) is 4.15. The van der Waals surface area contributed by atoms with Gasteiger partial charge in [0.1, 0.15) is 0 Å². The van der Waals surface area contributed by atoms with Gasteiger partial charge in [0.15, 0.2) is 11.6 Å². The SMILES string of the molecule is OCc1ccnc(N2CCC(N3CCOCC3)C2)c1F. The van der Waals surface area contributed by atoms with Crippen LogP contribution in [-0.2, 0) is 11.3 Å². The zero-order valence-electron chi connectivity index (χ0n) is 11.5. The van der Waals surface area contributed by atoms with Crippen LogP contribution in [0, 0.1) is 5.82 Å². The molecule has 0 aliphatic carbocycles. The average molecular weight is 281 g/mol. The van der Waals surface area contributed by atoms with Crippen molar-refractivity contribution >= 4 is 5.82 Å². The van der Waals surface area contributed by atoms with Gasteiger partial charge in [-0.1, -0.05) is 0 Å². The van der Waals surface area contributed by atoms with E-state index in [0.717, 1.165) is 45.8 Å². The molecular weight excluding hydrogens is 261 g/mol. The molecule has 2 aliphatic rings. The number of ether oxygens (including phenoxy) is 1. The summed E-state index contributed by atoms with van der Waals surface area (Å²) in [7, 11) is 0. The summed E-state index contributed by atoms with van der Waals surface area (Å²) in [5, 5.41) is 9.13. The van der Waals surface area contributed by atoms with Crippen LogP contribution in [0.3, 0.4) is 0 Å². The molecule has 2 aliphatic heterocycles. The number of aromatic nitrogens is 1. The average Bonchev–Trinajstić information content (AvgIpc) is 2.98. The molecule has 0 radical (unpaired) electrons. The minimum absolute atomic E-state index is 0.290.